The number of fused-ring (bicyclic) bond motifs is 1. The number of aliphatic hydroxyl groups is 1. The van der Waals surface area contributed by atoms with Gasteiger partial charge in [0.1, 0.15) is 13.2 Å². The number of hydrogen-bond donors (Lipinski definition) is 2. The van der Waals surface area contributed by atoms with E-state index >= 15 is 0 Å². The van der Waals surface area contributed by atoms with Gasteiger partial charge in [-0.2, -0.15) is 0 Å². The second kappa shape index (κ2) is 4.78. The van der Waals surface area contributed by atoms with Gasteiger partial charge in [0.25, 0.3) is 0 Å². The first-order valence-corrected chi connectivity index (χ1v) is 6.52. The van der Waals surface area contributed by atoms with Gasteiger partial charge in [0.2, 0.25) is 0 Å². The first kappa shape index (κ1) is 11.8. The molecule has 2 aliphatic rings. The molecule has 0 amide bonds. The van der Waals surface area contributed by atoms with Crippen molar-refractivity contribution >= 4 is 0 Å². The van der Waals surface area contributed by atoms with Gasteiger partial charge in [-0.15, -0.1) is 0 Å². The average molecular weight is 249 g/mol. The first-order chi connectivity index (χ1) is 8.83. The number of aliphatic hydroxyl groups excluding tert-OH is 1. The second-order valence-electron chi connectivity index (χ2n) is 5.20. The lowest BCUT2D eigenvalue weighted by Gasteiger charge is -2.21. The summed E-state index contributed by atoms with van der Waals surface area (Å²) in [5.74, 6) is 1.70. The standard InChI is InChI=1S/C14H19NO3/c16-10-14(4-5-14)9-15-8-11-2-1-3-12-13(11)18-7-6-17-12/h1-3,15-16H,4-10H2. The van der Waals surface area contributed by atoms with E-state index in [1.807, 2.05) is 12.1 Å². The molecule has 98 valence electrons. The van der Waals surface area contributed by atoms with Crippen LogP contribution < -0.4 is 14.8 Å². The molecule has 1 saturated carbocycles. The highest BCUT2D eigenvalue weighted by Crippen LogP contribution is 2.44. The van der Waals surface area contributed by atoms with E-state index in [1.165, 1.54) is 0 Å². The topological polar surface area (TPSA) is 50.7 Å². The van der Waals surface area contributed by atoms with Crippen molar-refractivity contribution in [3.05, 3.63) is 23.8 Å². The van der Waals surface area contributed by atoms with Crippen LogP contribution in [0.3, 0.4) is 0 Å². The predicted octanol–water partition coefficient (Wildman–Crippen LogP) is 1.32. The van der Waals surface area contributed by atoms with E-state index in [-0.39, 0.29) is 12.0 Å². The molecular formula is C14H19NO3. The van der Waals surface area contributed by atoms with Gasteiger partial charge in [0, 0.05) is 30.7 Å². The molecular weight excluding hydrogens is 230 g/mol. The minimum atomic E-state index is 0.145. The summed E-state index contributed by atoms with van der Waals surface area (Å²) >= 11 is 0. The van der Waals surface area contributed by atoms with Crippen LogP contribution in [0.15, 0.2) is 18.2 Å². The van der Waals surface area contributed by atoms with E-state index in [9.17, 15) is 5.11 Å². The Morgan fingerprint density at radius 3 is 2.83 bits per heavy atom. The Labute approximate surface area is 107 Å². The molecule has 1 aliphatic carbocycles. The number of nitrogens with one attached hydrogen (secondary N) is 1. The van der Waals surface area contributed by atoms with Gasteiger partial charge in [0.15, 0.2) is 11.5 Å². The zero-order valence-corrected chi connectivity index (χ0v) is 10.4. The maximum Gasteiger partial charge on any atom is 0.165 e. The normalized spacial score (nSPS) is 19.6. The number of benzene rings is 1. The van der Waals surface area contributed by atoms with Gasteiger partial charge < -0.3 is 19.9 Å². The third-order valence-corrected chi connectivity index (χ3v) is 3.76. The molecule has 0 aromatic heterocycles. The molecule has 1 aromatic rings. The SMILES string of the molecule is OCC1(CNCc2cccc3c2OCCO3)CC1. The Morgan fingerprint density at radius 1 is 1.22 bits per heavy atom. The third kappa shape index (κ3) is 2.31. The minimum absolute atomic E-state index is 0.145. The molecule has 4 nitrogen and oxygen atoms in total. The van der Waals surface area contributed by atoms with Gasteiger partial charge in [0.05, 0.1) is 0 Å². The zero-order chi connectivity index (χ0) is 12.4. The maximum absolute atomic E-state index is 9.26. The molecule has 1 fully saturated rings. The van der Waals surface area contributed by atoms with Crippen LogP contribution in [-0.4, -0.2) is 31.5 Å². The van der Waals surface area contributed by atoms with Crippen molar-refractivity contribution in [1.82, 2.24) is 5.32 Å². The Balaban J connectivity index is 1.62. The lowest BCUT2D eigenvalue weighted by atomic mass is 10.1. The summed E-state index contributed by atoms with van der Waals surface area (Å²) in [6.07, 6.45) is 2.26. The van der Waals surface area contributed by atoms with Gasteiger partial charge >= 0.3 is 0 Å². The fourth-order valence-corrected chi connectivity index (χ4v) is 2.30. The van der Waals surface area contributed by atoms with Crippen LogP contribution in [0.5, 0.6) is 11.5 Å². The van der Waals surface area contributed by atoms with Crippen molar-refractivity contribution in [2.45, 2.75) is 19.4 Å². The first-order valence-electron chi connectivity index (χ1n) is 6.52. The second-order valence-corrected chi connectivity index (χ2v) is 5.20. The van der Waals surface area contributed by atoms with E-state index in [4.69, 9.17) is 9.47 Å². The molecule has 0 atom stereocenters. The maximum atomic E-state index is 9.26. The molecule has 0 bridgehead atoms. The fourth-order valence-electron chi connectivity index (χ4n) is 2.30. The Bertz CT molecular complexity index is 429. The summed E-state index contributed by atoms with van der Waals surface area (Å²) in [7, 11) is 0. The van der Waals surface area contributed by atoms with Crippen molar-refractivity contribution in [2.75, 3.05) is 26.4 Å². The van der Waals surface area contributed by atoms with Crippen molar-refractivity contribution in [3.63, 3.8) is 0 Å². The van der Waals surface area contributed by atoms with Crippen molar-refractivity contribution in [1.29, 1.82) is 0 Å². The van der Waals surface area contributed by atoms with Gasteiger partial charge in [-0.05, 0) is 18.9 Å². The van der Waals surface area contributed by atoms with Crippen LogP contribution in [-0.2, 0) is 6.54 Å². The van der Waals surface area contributed by atoms with Gasteiger partial charge in [-0.1, -0.05) is 12.1 Å². The van der Waals surface area contributed by atoms with Crippen molar-refractivity contribution in [3.8, 4) is 11.5 Å². The van der Waals surface area contributed by atoms with Crippen molar-refractivity contribution < 1.29 is 14.6 Å². The molecule has 1 heterocycles. The number of ether oxygens (including phenoxy) is 2. The van der Waals surface area contributed by atoms with Crippen LogP contribution in [0.25, 0.3) is 0 Å². The number of rotatable bonds is 5. The largest absolute Gasteiger partial charge is 0.486 e. The van der Waals surface area contributed by atoms with Crippen molar-refractivity contribution in [2.24, 2.45) is 5.41 Å². The van der Waals surface area contributed by atoms with E-state index in [2.05, 4.69) is 11.4 Å². The molecule has 4 heteroatoms. The lowest BCUT2D eigenvalue weighted by Crippen LogP contribution is -2.26. The molecule has 2 N–H and O–H groups in total. The highest BCUT2D eigenvalue weighted by molar-refractivity contribution is 5.47. The zero-order valence-electron chi connectivity index (χ0n) is 10.4. The minimum Gasteiger partial charge on any atom is -0.486 e. The van der Waals surface area contributed by atoms with E-state index in [0.717, 1.165) is 43.0 Å². The summed E-state index contributed by atoms with van der Waals surface area (Å²) in [5, 5.41) is 12.7. The summed E-state index contributed by atoms with van der Waals surface area (Å²) in [4.78, 5) is 0. The quantitative estimate of drug-likeness (QED) is 0.826. The number of para-hydroxylation sites is 1. The fraction of sp³-hybridized carbons (Fsp3) is 0.571. The van der Waals surface area contributed by atoms with E-state index in [1.54, 1.807) is 0 Å². The predicted molar refractivity (Wildman–Crippen MR) is 67.9 cm³/mol. The molecule has 3 rings (SSSR count). The summed E-state index contributed by atoms with van der Waals surface area (Å²) in [6, 6.07) is 5.98. The van der Waals surface area contributed by atoms with E-state index < -0.39 is 0 Å². The Morgan fingerprint density at radius 2 is 2.06 bits per heavy atom. The summed E-state index contributed by atoms with van der Waals surface area (Å²) in [6.45, 7) is 3.15. The Hall–Kier alpha value is -1.26. The monoisotopic (exact) mass is 249 g/mol. The molecule has 0 spiro atoms. The Kier molecular flexibility index (Phi) is 3.14. The molecule has 1 aromatic carbocycles. The lowest BCUT2D eigenvalue weighted by molar-refractivity contribution is 0.169. The molecule has 1 aliphatic heterocycles. The van der Waals surface area contributed by atoms with Gasteiger partial charge in [-0.3, -0.25) is 0 Å². The van der Waals surface area contributed by atoms with Gasteiger partial charge in [-0.25, -0.2) is 0 Å². The van der Waals surface area contributed by atoms with Crippen LogP contribution in [0.4, 0.5) is 0 Å². The highest BCUT2D eigenvalue weighted by Gasteiger charge is 2.41. The molecule has 0 saturated heterocycles. The molecule has 0 unspecified atom stereocenters. The van der Waals surface area contributed by atoms with Crippen LogP contribution in [0.2, 0.25) is 0 Å². The van der Waals surface area contributed by atoms with Crippen LogP contribution in [0.1, 0.15) is 18.4 Å². The average Bonchev–Trinajstić information content (AvgIpc) is 3.20. The van der Waals surface area contributed by atoms with E-state index in [0.29, 0.717) is 13.2 Å². The smallest absolute Gasteiger partial charge is 0.165 e. The highest BCUT2D eigenvalue weighted by atomic mass is 16.6. The summed E-state index contributed by atoms with van der Waals surface area (Å²) in [5.41, 5.74) is 1.27. The summed E-state index contributed by atoms with van der Waals surface area (Å²) < 4.78 is 11.2. The third-order valence-electron chi connectivity index (χ3n) is 3.76. The number of hydrogen-bond acceptors (Lipinski definition) is 4. The van der Waals surface area contributed by atoms with Crippen LogP contribution in [0, 0.1) is 5.41 Å². The molecule has 18 heavy (non-hydrogen) atoms. The van der Waals surface area contributed by atoms with Crippen LogP contribution >= 0.6 is 0 Å². The molecule has 0 radical (unpaired) electrons.